The Morgan fingerprint density at radius 2 is 1.90 bits per heavy atom. The molecule has 1 unspecified atom stereocenters. The first kappa shape index (κ1) is 22.1. The van der Waals surface area contributed by atoms with Gasteiger partial charge in [0.05, 0.1) is 25.0 Å². The zero-order valence-electron chi connectivity index (χ0n) is 16.9. The highest BCUT2D eigenvalue weighted by Gasteiger charge is 2.37. The average molecular weight is 445 g/mol. The number of anilines is 1. The number of carbonyl (C=O) groups is 3. The molecule has 162 valence electrons. The van der Waals surface area contributed by atoms with Crippen LogP contribution in [0, 0.1) is 0 Å². The molecule has 9 nitrogen and oxygen atoms in total. The predicted molar refractivity (Wildman–Crippen MR) is 115 cm³/mol. The highest BCUT2D eigenvalue weighted by atomic mass is 35.5. The summed E-state index contributed by atoms with van der Waals surface area (Å²) in [4.78, 5) is 37.5. The number of hydrazine groups is 1. The number of hydrazone groups is 1. The standard InChI is InChI=1S/C21H21ClN4O5/c1-3-31-21(29)16-12-17(26(25-16)14-7-5-4-6-8-14)20(28)24-23-19(27)15-10-9-13(22)11-18(15)30-2/h4-11,17H,3,12H2,1-2H3,(H,23,27)(H,24,28). The van der Waals surface area contributed by atoms with Crippen molar-refractivity contribution in [3.8, 4) is 5.75 Å². The largest absolute Gasteiger partial charge is 0.496 e. The molecule has 0 aromatic heterocycles. The van der Waals surface area contributed by atoms with Gasteiger partial charge >= 0.3 is 5.97 Å². The van der Waals surface area contributed by atoms with Crippen molar-refractivity contribution in [3.63, 3.8) is 0 Å². The lowest BCUT2D eigenvalue weighted by Gasteiger charge is -2.22. The van der Waals surface area contributed by atoms with Crippen molar-refractivity contribution >= 4 is 40.8 Å². The number of amides is 2. The van der Waals surface area contributed by atoms with Gasteiger partial charge in [-0.1, -0.05) is 29.8 Å². The van der Waals surface area contributed by atoms with Crippen LogP contribution in [0.25, 0.3) is 0 Å². The lowest BCUT2D eigenvalue weighted by Crippen LogP contribution is -2.50. The number of halogens is 1. The summed E-state index contributed by atoms with van der Waals surface area (Å²) in [5.41, 5.74) is 5.68. The molecule has 0 aliphatic carbocycles. The van der Waals surface area contributed by atoms with Gasteiger partial charge in [0.15, 0.2) is 0 Å². The summed E-state index contributed by atoms with van der Waals surface area (Å²) in [5.74, 6) is -1.46. The average Bonchev–Trinajstić information content (AvgIpc) is 3.23. The van der Waals surface area contributed by atoms with E-state index in [1.165, 1.54) is 30.3 Å². The van der Waals surface area contributed by atoms with Crippen LogP contribution in [0.4, 0.5) is 5.69 Å². The number of rotatable bonds is 6. The first-order chi connectivity index (χ1) is 14.9. The van der Waals surface area contributed by atoms with Crippen LogP contribution in [0.2, 0.25) is 5.02 Å². The molecule has 3 rings (SSSR count). The van der Waals surface area contributed by atoms with Crippen LogP contribution < -0.4 is 20.6 Å². The van der Waals surface area contributed by atoms with E-state index in [1.807, 2.05) is 6.07 Å². The molecule has 0 fully saturated rings. The smallest absolute Gasteiger partial charge is 0.354 e. The van der Waals surface area contributed by atoms with Crippen LogP contribution in [0.15, 0.2) is 53.6 Å². The Morgan fingerprint density at radius 3 is 2.58 bits per heavy atom. The third-order valence-electron chi connectivity index (χ3n) is 4.45. The van der Waals surface area contributed by atoms with E-state index < -0.39 is 23.8 Å². The molecule has 0 spiro atoms. The molecule has 2 amide bonds. The van der Waals surface area contributed by atoms with Gasteiger partial charge in [-0.15, -0.1) is 0 Å². The van der Waals surface area contributed by atoms with E-state index in [-0.39, 0.29) is 30.1 Å². The lowest BCUT2D eigenvalue weighted by atomic mass is 10.1. The Morgan fingerprint density at radius 1 is 1.16 bits per heavy atom. The van der Waals surface area contributed by atoms with Crippen LogP contribution >= 0.6 is 11.6 Å². The topological polar surface area (TPSA) is 109 Å². The minimum Gasteiger partial charge on any atom is -0.496 e. The van der Waals surface area contributed by atoms with Gasteiger partial charge < -0.3 is 9.47 Å². The Kier molecular flexibility index (Phi) is 7.09. The molecule has 31 heavy (non-hydrogen) atoms. The third-order valence-corrected chi connectivity index (χ3v) is 4.69. The van der Waals surface area contributed by atoms with Gasteiger partial charge in [0.2, 0.25) is 0 Å². The molecule has 0 bridgehead atoms. The molecule has 1 aliphatic rings. The molecule has 0 radical (unpaired) electrons. The molecule has 2 aromatic rings. The molecule has 1 heterocycles. The lowest BCUT2D eigenvalue weighted by molar-refractivity contribution is -0.135. The van der Waals surface area contributed by atoms with Crippen molar-refractivity contribution < 1.29 is 23.9 Å². The molecule has 0 saturated carbocycles. The second kappa shape index (κ2) is 9.94. The van der Waals surface area contributed by atoms with E-state index in [4.69, 9.17) is 21.1 Å². The van der Waals surface area contributed by atoms with E-state index in [2.05, 4.69) is 16.0 Å². The fourth-order valence-corrected chi connectivity index (χ4v) is 3.15. The zero-order valence-corrected chi connectivity index (χ0v) is 17.7. The number of hydrogen-bond donors (Lipinski definition) is 2. The SMILES string of the molecule is CCOC(=O)C1=NN(c2ccccc2)C(C(=O)NNC(=O)c2ccc(Cl)cc2OC)C1. The fraction of sp³-hybridized carbons (Fsp3) is 0.238. The van der Waals surface area contributed by atoms with E-state index in [0.29, 0.717) is 10.7 Å². The fourth-order valence-electron chi connectivity index (χ4n) is 2.99. The molecule has 2 N–H and O–H groups in total. The van der Waals surface area contributed by atoms with Crippen molar-refractivity contribution in [2.75, 3.05) is 18.7 Å². The predicted octanol–water partition coefficient (Wildman–Crippen LogP) is 2.31. The van der Waals surface area contributed by atoms with Gasteiger partial charge in [-0.2, -0.15) is 5.10 Å². The molecule has 1 atom stereocenters. The first-order valence-corrected chi connectivity index (χ1v) is 9.85. The van der Waals surface area contributed by atoms with Crippen LogP contribution in [-0.2, 0) is 14.3 Å². The van der Waals surface area contributed by atoms with Crippen molar-refractivity contribution in [3.05, 3.63) is 59.1 Å². The molecular weight excluding hydrogens is 424 g/mol. The van der Waals surface area contributed by atoms with E-state index in [1.54, 1.807) is 31.2 Å². The summed E-state index contributed by atoms with van der Waals surface area (Å²) in [6, 6.07) is 12.6. The number of esters is 1. The quantitative estimate of drug-likeness (QED) is 0.522. The highest BCUT2D eigenvalue weighted by Crippen LogP contribution is 2.25. The zero-order chi connectivity index (χ0) is 22.4. The van der Waals surface area contributed by atoms with Crippen molar-refractivity contribution in [2.45, 2.75) is 19.4 Å². The van der Waals surface area contributed by atoms with Crippen LogP contribution in [-0.4, -0.2) is 43.3 Å². The normalized spacial score (nSPS) is 15.1. The van der Waals surface area contributed by atoms with Crippen LogP contribution in [0.1, 0.15) is 23.7 Å². The van der Waals surface area contributed by atoms with Crippen LogP contribution in [0.5, 0.6) is 5.75 Å². The van der Waals surface area contributed by atoms with Crippen molar-refractivity contribution in [1.29, 1.82) is 0 Å². The number of benzene rings is 2. The maximum atomic E-state index is 12.9. The minimum absolute atomic E-state index is 0.0275. The number of methoxy groups -OCH3 is 1. The highest BCUT2D eigenvalue weighted by molar-refractivity contribution is 6.38. The number of hydrogen-bond acceptors (Lipinski definition) is 7. The van der Waals surface area contributed by atoms with Gasteiger partial charge in [0.1, 0.15) is 17.5 Å². The summed E-state index contributed by atoms with van der Waals surface area (Å²) in [7, 11) is 1.41. The van der Waals surface area contributed by atoms with Gasteiger partial charge in [-0.05, 0) is 37.3 Å². The summed E-state index contributed by atoms with van der Waals surface area (Å²) < 4.78 is 10.2. The minimum atomic E-state index is -0.853. The number of ether oxygens (including phenoxy) is 2. The molecule has 10 heteroatoms. The second-order valence-corrected chi connectivity index (χ2v) is 6.89. The molecule has 0 saturated heterocycles. The Hall–Kier alpha value is -3.59. The molecule has 1 aliphatic heterocycles. The van der Waals surface area contributed by atoms with Crippen molar-refractivity contribution in [1.82, 2.24) is 10.9 Å². The number of carbonyl (C=O) groups excluding carboxylic acids is 3. The van der Waals surface area contributed by atoms with E-state index in [9.17, 15) is 14.4 Å². The van der Waals surface area contributed by atoms with Crippen LogP contribution in [0.3, 0.4) is 0 Å². The maximum absolute atomic E-state index is 12.9. The number of nitrogens with one attached hydrogen (secondary N) is 2. The van der Waals surface area contributed by atoms with E-state index in [0.717, 1.165) is 0 Å². The Labute approximate surface area is 183 Å². The number of nitrogens with zero attached hydrogens (tertiary/aromatic N) is 2. The maximum Gasteiger partial charge on any atom is 0.354 e. The third kappa shape index (κ3) is 5.13. The summed E-state index contributed by atoms with van der Waals surface area (Å²) in [5, 5.41) is 6.10. The first-order valence-electron chi connectivity index (χ1n) is 9.47. The van der Waals surface area contributed by atoms with E-state index >= 15 is 0 Å². The van der Waals surface area contributed by atoms with Gasteiger partial charge in [0.25, 0.3) is 11.8 Å². The summed E-state index contributed by atoms with van der Waals surface area (Å²) >= 11 is 5.91. The Balaban J connectivity index is 1.73. The summed E-state index contributed by atoms with van der Waals surface area (Å²) in [6.07, 6.45) is 0.0275. The monoisotopic (exact) mass is 444 g/mol. The van der Waals surface area contributed by atoms with Gasteiger partial charge in [-0.25, -0.2) is 4.79 Å². The van der Waals surface area contributed by atoms with Gasteiger partial charge in [0, 0.05) is 11.4 Å². The second-order valence-electron chi connectivity index (χ2n) is 6.46. The van der Waals surface area contributed by atoms with Crippen molar-refractivity contribution in [2.24, 2.45) is 5.10 Å². The Bertz CT molecular complexity index is 1010. The molecule has 2 aromatic carbocycles. The molecular formula is C21H21ClN4O5. The summed E-state index contributed by atoms with van der Waals surface area (Å²) in [6.45, 7) is 1.88. The van der Waals surface area contributed by atoms with Gasteiger partial charge in [-0.3, -0.25) is 25.4 Å². The number of para-hydroxylation sites is 1.